The van der Waals surface area contributed by atoms with Crippen LogP contribution in [-0.2, 0) is 4.74 Å². The molecule has 1 aliphatic carbocycles. The first-order chi connectivity index (χ1) is 6.63. The van der Waals surface area contributed by atoms with Crippen LogP contribution in [0.15, 0.2) is 0 Å². The topological polar surface area (TPSA) is 35.2 Å². The van der Waals surface area contributed by atoms with Crippen LogP contribution in [0.4, 0.5) is 0 Å². The second-order valence-corrected chi connectivity index (χ2v) is 5.55. The minimum absolute atomic E-state index is 0.209. The quantitative estimate of drug-likeness (QED) is 0.700. The van der Waals surface area contributed by atoms with Crippen molar-refractivity contribution in [2.24, 2.45) is 17.6 Å². The van der Waals surface area contributed by atoms with Gasteiger partial charge in [-0.05, 0) is 43.9 Å². The molecule has 0 unspecified atom stereocenters. The molecule has 2 N–H and O–H groups in total. The minimum Gasteiger partial charge on any atom is -0.370 e. The molecule has 0 aromatic heterocycles. The third-order valence-corrected chi connectivity index (χ3v) is 3.85. The molecule has 2 nitrogen and oxygen atoms in total. The van der Waals surface area contributed by atoms with Crippen molar-refractivity contribution in [3.05, 3.63) is 0 Å². The van der Waals surface area contributed by atoms with E-state index in [0.29, 0.717) is 12.6 Å². The van der Waals surface area contributed by atoms with Gasteiger partial charge in [-0.3, -0.25) is 0 Å². The first-order valence-electron chi connectivity index (χ1n) is 6.01. The summed E-state index contributed by atoms with van der Waals surface area (Å²) in [6.07, 6.45) is 6.65. The van der Waals surface area contributed by atoms with Crippen LogP contribution in [0.3, 0.4) is 0 Å². The molecule has 1 spiro atoms. The summed E-state index contributed by atoms with van der Waals surface area (Å²) >= 11 is 0. The van der Waals surface area contributed by atoms with Crippen LogP contribution in [-0.4, -0.2) is 18.2 Å². The second-order valence-electron chi connectivity index (χ2n) is 5.55. The third-order valence-electron chi connectivity index (χ3n) is 3.85. The van der Waals surface area contributed by atoms with Crippen LogP contribution < -0.4 is 5.73 Å². The van der Waals surface area contributed by atoms with E-state index < -0.39 is 0 Å². The lowest BCUT2D eigenvalue weighted by atomic mass is 9.72. The summed E-state index contributed by atoms with van der Waals surface area (Å²) in [5.74, 6) is 1.66. The van der Waals surface area contributed by atoms with Crippen molar-refractivity contribution < 1.29 is 4.74 Å². The fourth-order valence-corrected chi connectivity index (χ4v) is 3.57. The van der Waals surface area contributed by atoms with Crippen LogP contribution in [0.2, 0.25) is 0 Å². The largest absolute Gasteiger partial charge is 0.370 e. The summed E-state index contributed by atoms with van der Waals surface area (Å²) in [6, 6.07) is 0. The Hall–Kier alpha value is -0.0800. The van der Waals surface area contributed by atoms with E-state index in [2.05, 4.69) is 13.8 Å². The number of ether oxygens (including phenoxy) is 1. The van der Waals surface area contributed by atoms with Gasteiger partial charge in [-0.1, -0.05) is 13.8 Å². The molecule has 1 aliphatic heterocycles. The fraction of sp³-hybridized carbons (Fsp3) is 1.00. The molecule has 0 aromatic carbocycles. The molecule has 2 aliphatic rings. The van der Waals surface area contributed by atoms with Gasteiger partial charge in [0.15, 0.2) is 0 Å². The average molecular weight is 197 g/mol. The van der Waals surface area contributed by atoms with Crippen LogP contribution in [0.25, 0.3) is 0 Å². The Morgan fingerprint density at radius 1 is 1.29 bits per heavy atom. The predicted octanol–water partition coefficient (Wildman–Crippen LogP) is 2.32. The van der Waals surface area contributed by atoms with Crippen LogP contribution >= 0.6 is 0 Å². The molecule has 2 heteroatoms. The zero-order valence-corrected chi connectivity index (χ0v) is 9.46. The molecule has 0 radical (unpaired) electrons. The van der Waals surface area contributed by atoms with E-state index in [9.17, 15) is 0 Å². The molecular formula is C12H23NO. The Labute approximate surface area is 87.2 Å². The van der Waals surface area contributed by atoms with Crippen molar-refractivity contribution in [1.29, 1.82) is 0 Å². The van der Waals surface area contributed by atoms with Crippen molar-refractivity contribution in [2.45, 2.75) is 57.7 Å². The smallest absolute Gasteiger partial charge is 0.0705 e. The lowest BCUT2D eigenvalue weighted by Gasteiger charge is -2.40. The first kappa shape index (κ1) is 10.4. The van der Waals surface area contributed by atoms with Crippen molar-refractivity contribution >= 4 is 0 Å². The second kappa shape index (κ2) is 3.82. The highest BCUT2D eigenvalue weighted by molar-refractivity contribution is 4.94. The molecule has 2 fully saturated rings. The molecule has 1 saturated heterocycles. The summed E-state index contributed by atoms with van der Waals surface area (Å²) in [5.41, 5.74) is 5.88. The monoisotopic (exact) mass is 197 g/mol. The van der Waals surface area contributed by atoms with Gasteiger partial charge < -0.3 is 10.5 Å². The summed E-state index contributed by atoms with van der Waals surface area (Å²) in [5, 5.41) is 0. The number of rotatable bonds is 1. The van der Waals surface area contributed by atoms with Crippen molar-refractivity contribution in [1.82, 2.24) is 0 Å². The lowest BCUT2D eigenvalue weighted by Crippen LogP contribution is -2.38. The number of nitrogens with two attached hydrogens (primary N) is 1. The SMILES string of the molecule is C[C@@H]1C[C@@H](C)CC2(CC[C@@H](CN)O2)C1. The molecule has 2 rings (SSSR count). The van der Waals surface area contributed by atoms with Gasteiger partial charge in [0, 0.05) is 6.54 Å². The molecule has 0 bridgehead atoms. The molecule has 0 aromatic rings. The molecule has 1 saturated carbocycles. The van der Waals surface area contributed by atoms with Crippen molar-refractivity contribution in [3.8, 4) is 0 Å². The van der Waals surface area contributed by atoms with E-state index in [-0.39, 0.29) is 5.60 Å². The van der Waals surface area contributed by atoms with Gasteiger partial charge >= 0.3 is 0 Å². The Kier molecular flexibility index (Phi) is 2.85. The average Bonchev–Trinajstić information content (AvgIpc) is 2.46. The van der Waals surface area contributed by atoms with Crippen molar-refractivity contribution in [2.75, 3.05) is 6.54 Å². The lowest BCUT2D eigenvalue weighted by molar-refractivity contribution is -0.0825. The van der Waals surface area contributed by atoms with E-state index in [4.69, 9.17) is 10.5 Å². The highest BCUT2D eigenvalue weighted by atomic mass is 16.5. The van der Waals surface area contributed by atoms with Gasteiger partial charge in [0.05, 0.1) is 11.7 Å². The van der Waals surface area contributed by atoms with E-state index in [1.54, 1.807) is 0 Å². The highest BCUT2D eigenvalue weighted by Gasteiger charge is 2.44. The Balaban J connectivity index is 2.01. The molecule has 1 heterocycles. The van der Waals surface area contributed by atoms with Crippen LogP contribution in [0.5, 0.6) is 0 Å². The summed E-state index contributed by atoms with van der Waals surface area (Å²) < 4.78 is 6.15. The summed E-state index contributed by atoms with van der Waals surface area (Å²) in [4.78, 5) is 0. The van der Waals surface area contributed by atoms with E-state index >= 15 is 0 Å². The third kappa shape index (κ3) is 1.96. The van der Waals surface area contributed by atoms with Gasteiger partial charge in [0.25, 0.3) is 0 Å². The van der Waals surface area contributed by atoms with Crippen LogP contribution in [0.1, 0.15) is 46.0 Å². The van der Waals surface area contributed by atoms with Gasteiger partial charge in [-0.25, -0.2) is 0 Å². The fourth-order valence-electron chi connectivity index (χ4n) is 3.57. The summed E-state index contributed by atoms with van der Waals surface area (Å²) in [7, 11) is 0. The molecule has 14 heavy (non-hydrogen) atoms. The molecule has 82 valence electrons. The van der Waals surface area contributed by atoms with E-state index in [0.717, 1.165) is 11.8 Å². The van der Waals surface area contributed by atoms with E-state index in [1.807, 2.05) is 0 Å². The normalized spacial score (nSPS) is 48.6. The molecule has 0 amide bonds. The Morgan fingerprint density at radius 3 is 2.43 bits per heavy atom. The number of hydrogen-bond acceptors (Lipinski definition) is 2. The minimum atomic E-state index is 0.209. The maximum absolute atomic E-state index is 6.15. The Morgan fingerprint density at radius 2 is 1.93 bits per heavy atom. The van der Waals surface area contributed by atoms with Crippen molar-refractivity contribution in [3.63, 3.8) is 0 Å². The van der Waals surface area contributed by atoms with Gasteiger partial charge in [-0.15, -0.1) is 0 Å². The number of hydrogen-bond donors (Lipinski definition) is 1. The van der Waals surface area contributed by atoms with Gasteiger partial charge in [0.2, 0.25) is 0 Å². The maximum atomic E-state index is 6.15. The zero-order valence-electron chi connectivity index (χ0n) is 9.46. The maximum Gasteiger partial charge on any atom is 0.0705 e. The first-order valence-corrected chi connectivity index (χ1v) is 6.01. The highest BCUT2D eigenvalue weighted by Crippen LogP contribution is 2.45. The predicted molar refractivity (Wildman–Crippen MR) is 58.1 cm³/mol. The summed E-state index contributed by atoms with van der Waals surface area (Å²) in [6.45, 7) is 5.41. The molecule has 3 atom stereocenters. The van der Waals surface area contributed by atoms with Gasteiger partial charge in [0.1, 0.15) is 0 Å². The zero-order chi connectivity index (χ0) is 10.2. The Bertz CT molecular complexity index is 194. The van der Waals surface area contributed by atoms with E-state index in [1.165, 1.54) is 32.1 Å². The van der Waals surface area contributed by atoms with Gasteiger partial charge in [-0.2, -0.15) is 0 Å². The molecular weight excluding hydrogens is 174 g/mol. The van der Waals surface area contributed by atoms with Crippen LogP contribution in [0, 0.1) is 11.8 Å². The standard InChI is InChI=1S/C12H23NO/c1-9-5-10(2)7-12(6-9)4-3-11(8-13)14-12/h9-11H,3-8,13H2,1-2H3/t9-,10-,11+/m1/s1.